The number of ether oxygens (including phenoxy) is 3. The maximum absolute atomic E-state index is 12.4. The quantitative estimate of drug-likeness (QED) is 0.233. The van der Waals surface area contributed by atoms with Crippen molar-refractivity contribution >= 4 is 18.1 Å². The number of rotatable bonds is 9. The lowest BCUT2D eigenvalue weighted by atomic mass is 10.2. The molecular formula is C25H24N2O5. The van der Waals surface area contributed by atoms with Crippen LogP contribution >= 0.6 is 0 Å². The first kappa shape index (κ1) is 22.6. The van der Waals surface area contributed by atoms with Crippen molar-refractivity contribution in [3.8, 4) is 17.2 Å². The Morgan fingerprint density at radius 1 is 0.844 bits per heavy atom. The molecule has 0 bridgehead atoms. The monoisotopic (exact) mass is 432 g/mol. The second-order valence-corrected chi connectivity index (χ2v) is 6.52. The maximum Gasteiger partial charge on any atom is 0.343 e. The molecule has 0 atom stereocenters. The lowest BCUT2D eigenvalue weighted by Crippen LogP contribution is -2.18. The first-order valence-electron chi connectivity index (χ1n) is 10.2. The van der Waals surface area contributed by atoms with Crippen LogP contribution in [0.1, 0.15) is 40.1 Å². The van der Waals surface area contributed by atoms with Gasteiger partial charge in [0.25, 0.3) is 5.91 Å². The van der Waals surface area contributed by atoms with Gasteiger partial charge in [0, 0.05) is 0 Å². The summed E-state index contributed by atoms with van der Waals surface area (Å²) in [5.74, 6) is 0.323. The summed E-state index contributed by atoms with van der Waals surface area (Å²) < 4.78 is 16.6. The molecule has 0 fully saturated rings. The van der Waals surface area contributed by atoms with Crippen LogP contribution in [-0.2, 0) is 0 Å². The Bertz CT molecular complexity index is 1100. The number of esters is 1. The Morgan fingerprint density at radius 2 is 1.53 bits per heavy atom. The molecule has 0 saturated carbocycles. The summed E-state index contributed by atoms with van der Waals surface area (Å²) in [6.45, 7) is 4.53. The van der Waals surface area contributed by atoms with Crippen molar-refractivity contribution in [3.05, 3.63) is 89.5 Å². The molecule has 32 heavy (non-hydrogen) atoms. The zero-order valence-electron chi connectivity index (χ0n) is 17.9. The van der Waals surface area contributed by atoms with Crippen molar-refractivity contribution in [2.75, 3.05) is 13.2 Å². The predicted octanol–water partition coefficient (Wildman–Crippen LogP) is 4.47. The Balaban J connectivity index is 1.70. The highest BCUT2D eigenvalue weighted by Crippen LogP contribution is 2.29. The molecule has 7 heteroatoms. The standard InChI is InChI=1S/C25H24N2O5/c1-3-30-21-13-9-8-12-20(21)24(28)27-26-17-18-14-15-22(23(16-18)31-4-2)32-25(29)19-10-6-5-7-11-19/h5-17H,3-4H2,1-2H3,(H,27,28). The molecule has 7 nitrogen and oxygen atoms in total. The Hall–Kier alpha value is -4.13. The van der Waals surface area contributed by atoms with Gasteiger partial charge in [-0.1, -0.05) is 30.3 Å². The van der Waals surface area contributed by atoms with Crippen molar-refractivity contribution < 1.29 is 23.8 Å². The molecule has 3 aromatic carbocycles. The lowest BCUT2D eigenvalue weighted by molar-refractivity contribution is 0.0728. The third kappa shape index (κ3) is 5.95. The molecule has 164 valence electrons. The van der Waals surface area contributed by atoms with Crippen molar-refractivity contribution in [2.24, 2.45) is 5.10 Å². The molecule has 0 aromatic heterocycles. The van der Waals surface area contributed by atoms with Gasteiger partial charge in [-0.15, -0.1) is 0 Å². The number of para-hydroxylation sites is 1. The van der Waals surface area contributed by atoms with E-state index in [0.717, 1.165) is 0 Å². The van der Waals surface area contributed by atoms with E-state index < -0.39 is 5.97 Å². The molecule has 0 aliphatic heterocycles. The van der Waals surface area contributed by atoms with Gasteiger partial charge in [-0.2, -0.15) is 5.10 Å². The highest BCUT2D eigenvalue weighted by molar-refractivity contribution is 5.97. The summed E-state index contributed by atoms with van der Waals surface area (Å²) >= 11 is 0. The van der Waals surface area contributed by atoms with E-state index in [4.69, 9.17) is 14.2 Å². The first-order valence-corrected chi connectivity index (χ1v) is 10.2. The minimum atomic E-state index is -0.479. The SMILES string of the molecule is CCOc1cc(C=NNC(=O)c2ccccc2OCC)ccc1OC(=O)c1ccccc1. The second-order valence-electron chi connectivity index (χ2n) is 6.52. The van der Waals surface area contributed by atoms with Gasteiger partial charge < -0.3 is 14.2 Å². The van der Waals surface area contributed by atoms with Gasteiger partial charge in [-0.05, 0) is 61.9 Å². The lowest BCUT2D eigenvalue weighted by Gasteiger charge is -2.11. The van der Waals surface area contributed by atoms with Crippen molar-refractivity contribution in [1.29, 1.82) is 0 Å². The third-order valence-electron chi connectivity index (χ3n) is 4.29. The molecular weight excluding hydrogens is 408 g/mol. The normalized spacial score (nSPS) is 10.6. The van der Waals surface area contributed by atoms with Crippen molar-refractivity contribution in [2.45, 2.75) is 13.8 Å². The summed E-state index contributed by atoms with van der Waals surface area (Å²) in [4.78, 5) is 24.8. The molecule has 0 spiro atoms. The topological polar surface area (TPSA) is 86.2 Å². The minimum absolute atomic E-state index is 0.299. The number of hydrogen-bond acceptors (Lipinski definition) is 6. The molecule has 1 amide bonds. The van der Waals surface area contributed by atoms with Crippen LogP contribution in [0.25, 0.3) is 0 Å². The number of hydrazone groups is 1. The van der Waals surface area contributed by atoms with Crippen molar-refractivity contribution in [3.63, 3.8) is 0 Å². The molecule has 1 N–H and O–H groups in total. The highest BCUT2D eigenvalue weighted by atomic mass is 16.6. The number of carbonyl (C=O) groups excluding carboxylic acids is 2. The van der Waals surface area contributed by atoms with Crippen LogP contribution in [0, 0.1) is 0 Å². The molecule has 0 aliphatic carbocycles. The number of nitrogens with zero attached hydrogens (tertiary/aromatic N) is 1. The van der Waals surface area contributed by atoms with Crippen LogP contribution < -0.4 is 19.6 Å². The minimum Gasteiger partial charge on any atom is -0.493 e. The number of amides is 1. The van der Waals surface area contributed by atoms with Gasteiger partial charge in [0.1, 0.15) is 5.75 Å². The van der Waals surface area contributed by atoms with Gasteiger partial charge in [-0.3, -0.25) is 4.79 Å². The van der Waals surface area contributed by atoms with Gasteiger partial charge in [0.15, 0.2) is 11.5 Å². The summed E-state index contributed by atoms with van der Waals surface area (Å²) in [5.41, 5.74) is 3.98. The van der Waals surface area contributed by atoms with Crippen LogP contribution in [-0.4, -0.2) is 31.3 Å². The van der Waals surface area contributed by atoms with Gasteiger partial charge in [0.2, 0.25) is 0 Å². The average molecular weight is 432 g/mol. The molecule has 3 aromatic rings. The van der Waals surface area contributed by atoms with E-state index in [1.165, 1.54) is 6.21 Å². The Morgan fingerprint density at radius 3 is 2.28 bits per heavy atom. The van der Waals surface area contributed by atoms with Gasteiger partial charge >= 0.3 is 5.97 Å². The highest BCUT2D eigenvalue weighted by Gasteiger charge is 2.13. The zero-order valence-corrected chi connectivity index (χ0v) is 17.9. The largest absolute Gasteiger partial charge is 0.493 e. The van der Waals surface area contributed by atoms with Crippen LogP contribution in [0.4, 0.5) is 0 Å². The van der Waals surface area contributed by atoms with E-state index in [1.807, 2.05) is 19.9 Å². The van der Waals surface area contributed by atoms with E-state index in [2.05, 4.69) is 10.5 Å². The first-order chi connectivity index (χ1) is 15.6. The van der Waals surface area contributed by atoms with E-state index in [0.29, 0.717) is 47.2 Å². The summed E-state index contributed by atoms with van der Waals surface area (Å²) in [5, 5.41) is 4.02. The summed E-state index contributed by atoms with van der Waals surface area (Å²) in [6, 6.07) is 20.7. The van der Waals surface area contributed by atoms with Crippen LogP contribution in [0.5, 0.6) is 17.2 Å². The molecule has 0 saturated heterocycles. The van der Waals surface area contributed by atoms with Crippen LogP contribution in [0.2, 0.25) is 0 Å². The smallest absolute Gasteiger partial charge is 0.343 e. The van der Waals surface area contributed by atoms with Gasteiger partial charge in [-0.25, -0.2) is 10.2 Å². The Labute approximate surface area is 186 Å². The Kier molecular flexibility index (Phi) is 7.97. The molecule has 3 rings (SSSR count). The molecule has 0 radical (unpaired) electrons. The van der Waals surface area contributed by atoms with E-state index in [1.54, 1.807) is 66.7 Å². The molecule has 0 aliphatic rings. The summed E-state index contributed by atoms with van der Waals surface area (Å²) in [6.07, 6.45) is 1.48. The number of carbonyl (C=O) groups is 2. The third-order valence-corrected chi connectivity index (χ3v) is 4.29. The van der Waals surface area contributed by atoms with E-state index in [-0.39, 0.29) is 5.91 Å². The fourth-order valence-electron chi connectivity index (χ4n) is 2.85. The zero-order chi connectivity index (χ0) is 22.8. The van der Waals surface area contributed by atoms with E-state index >= 15 is 0 Å². The second kappa shape index (κ2) is 11.3. The van der Waals surface area contributed by atoms with Gasteiger partial charge in [0.05, 0.1) is 30.6 Å². The van der Waals surface area contributed by atoms with Crippen LogP contribution in [0.3, 0.4) is 0 Å². The summed E-state index contributed by atoms with van der Waals surface area (Å²) in [7, 11) is 0. The number of nitrogens with one attached hydrogen (secondary N) is 1. The number of benzene rings is 3. The van der Waals surface area contributed by atoms with E-state index in [9.17, 15) is 9.59 Å². The van der Waals surface area contributed by atoms with Crippen molar-refractivity contribution in [1.82, 2.24) is 5.43 Å². The maximum atomic E-state index is 12.4. The predicted molar refractivity (Wildman–Crippen MR) is 122 cm³/mol. The fourth-order valence-corrected chi connectivity index (χ4v) is 2.85. The fraction of sp³-hybridized carbons (Fsp3) is 0.160. The number of hydrogen-bond donors (Lipinski definition) is 1. The molecule has 0 heterocycles. The molecule has 0 unspecified atom stereocenters. The average Bonchev–Trinajstić information content (AvgIpc) is 2.82. The van der Waals surface area contributed by atoms with Crippen LogP contribution in [0.15, 0.2) is 77.9 Å².